The van der Waals surface area contributed by atoms with Crippen LogP contribution in [0.2, 0.25) is 0 Å². The summed E-state index contributed by atoms with van der Waals surface area (Å²) in [5.74, 6) is 0. The summed E-state index contributed by atoms with van der Waals surface area (Å²) in [6.45, 7) is 3.20. The predicted molar refractivity (Wildman–Crippen MR) is 70.5 cm³/mol. The number of para-hydroxylation sites is 1. The maximum Gasteiger partial charge on any atom is 0.141 e. The van der Waals surface area contributed by atoms with Crippen LogP contribution in [0.4, 0.5) is 5.69 Å². The Bertz CT molecular complexity index is 271. The van der Waals surface area contributed by atoms with E-state index in [0.717, 1.165) is 12.2 Å². The predicted octanol–water partition coefficient (Wildman–Crippen LogP) is 3.91. The van der Waals surface area contributed by atoms with E-state index in [-0.39, 0.29) is 0 Å². The maximum atomic E-state index is 4.91. The molecule has 0 spiro atoms. The van der Waals surface area contributed by atoms with Crippen molar-refractivity contribution in [2.75, 3.05) is 11.4 Å². The summed E-state index contributed by atoms with van der Waals surface area (Å²) in [4.78, 5) is 2.02. The minimum Gasteiger partial charge on any atom is -0.330 e. The number of unbranched alkanes of at least 4 members (excludes halogenated alkanes) is 3. The molecule has 0 aliphatic carbocycles. The molecule has 0 saturated heterocycles. The van der Waals surface area contributed by atoms with Crippen LogP contribution in [0.15, 0.2) is 30.3 Å². The lowest BCUT2D eigenvalue weighted by molar-refractivity contribution is 0.673. The van der Waals surface area contributed by atoms with E-state index in [1.807, 2.05) is 23.1 Å². The van der Waals surface area contributed by atoms with Gasteiger partial charge in [-0.3, -0.25) is 0 Å². The second-order valence-electron chi connectivity index (χ2n) is 3.64. The Kier molecular flexibility index (Phi) is 6.02. The second-order valence-corrected chi connectivity index (χ2v) is 3.82. The van der Waals surface area contributed by atoms with Gasteiger partial charge in [-0.05, 0) is 18.6 Å². The van der Waals surface area contributed by atoms with Crippen LogP contribution in [0.25, 0.3) is 0 Å². The highest BCUT2D eigenvalue weighted by Gasteiger charge is 2.01. The molecule has 0 bridgehead atoms. The number of rotatable bonds is 7. The largest absolute Gasteiger partial charge is 0.330 e. The quantitative estimate of drug-likeness (QED) is 0.389. The molecule has 0 aromatic heterocycles. The average Bonchev–Trinajstić information content (AvgIpc) is 2.30. The van der Waals surface area contributed by atoms with Crippen molar-refractivity contribution in [2.24, 2.45) is 0 Å². The van der Waals surface area contributed by atoms with Gasteiger partial charge in [-0.15, -0.1) is 0 Å². The molecule has 1 radical (unpaired) electrons. The van der Waals surface area contributed by atoms with Gasteiger partial charge in [-0.25, -0.2) is 0 Å². The number of nitrogens with zero attached hydrogens (tertiary/aromatic N) is 1. The van der Waals surface area contributed by atoms with Crippen LogP contribution in [0.5, 0.6) is 0 Å². The van der Waals surface area contributed by atoms with E-state index in [0.29, 0.717) is 0 Å². The molecule has 0 unspecified atom stereocenters. The van der Waals surface area contributed by atoms with E-state index >= 15 is 0 Å². The number of benzene rings is 1. The van der Waals surface area contributed by atoms with Gasteiger partial charge in [0.1, 0.15) is 5.49 Å². The van der Waals surface area contributed by atoms with Gasteiger partial charge in [0.2, 0.25) is 0 Å². The maximum absolute atomic E-state index is 4.91. The monoisotopic (exact) mass is 220 g/mol. The fourth-order valence-electron chi connectivity index (χ4n) is 1.53. The molecule has 0 atom stereocenters. The van der Waals surface area contributed by atoms with Gasteiger partial charge in [0.25, 0.3) is 0 Å². The lowest BCUT2D eigenvalue weighted by Crippen LogP contribution is -2.21. The Morgan fingerprint density at radius 2 is 1.87 bits per heavy atom. The highest BCUT2D eigenvalue weighted by atomic mass is 32.1. The standard InChI is InChI=1S/C13H18NS/c1-2-3-4-8-11-14(12-15)13-9-6-5-7-10-13/h5-7,9-10H,2-4,8,11H2,1H3. The normalized spacial score (nSPS) is 9.93. The average molecular weight is 220 g/mol. The van der Waals surface area contributed by atoms with E-state index in [1.165, 1.54) is 25.7 Å². The zero-order valence-corrected chi connectivity index (χ0v) is 10.1. The van der Waals surface area contributed by atoms with Crippen molar-refractivity contribution in [3.05, 3.63) is 30.3 Å². The Morgan fingerprint density at radius 1 is 1.13 bits per heavy atom. The van der Waals surface area contributed by atoms with E-state index in [4.69, 9.17) is 12.2 Å². The van der Waals surface area contributed by atoms with Crippen LogP contribution in [0.3, 0.4) is 0 Å². The molecule has 1 aromatic carbocycles. The zero-order chi connectivity index (χ0) is 10.9. The SMILES string of the molecule is CCCCCCN([C]=S)c1ccccc1. The van der Waals surface area contributed by atoms with Crippen LogP contribution >= 0.6 is 12.2 Å². The van der Waals surface area contributed by atoms with Crippen LogP contribution in [0.1, 0.15) is 32.6 Å². The number of hydrogen-bond acceptors (Lipinski definition) is 1. The summed E-state index contributed by atoms with van der Waals surface area (Å²) in [7, 11) is 0. The van der Waals surface area contributed by atoms with Crippen molar-refractivity contribution in [3.63, 3.8) is 0 Å². The van der Waals surface area contributed by atoms with Gasteiger partial charge in [0.05, 0.1) is 0 Å². The van der Waals surface area contributed by atoms with Crippen LogP contribution in [-0.2, 0) is 0 Å². The molecule has 15 heavy (non-hydrogen) atoms. The smallest absolute Gasteiger partial charge is 0.141 e. The van der Waals surface area contributed by atoms with Crippen LogP contribution < -0.4 is 4.90 Å². The van der Waals surface area contributed by atoms with Gasteiger partial charge in [-0.2, -0.15) is 0 Å². The third-order valence-corrected chi connectivity index (χ3v) is 2.63. The molecule has 2 heteroatoms. The summed E-state index contributed by atoms with van der Waals surface area (Å²) in [5.41, 5.74) is 3.95. The summed E-state index contributed by atoms with van der Waals surface area (Å²) in [6, 6.07) is 10.2. The first-order valence-corrected chi connectivity index (χ1v) is 5.99. The fraction of sp³-hybridized carbons (Fsp3) is 0.462. The molecule has 0 fully saturated rings. The first-order valence-electron chi connectivity index (χ1n) is 5.59. The molecule has 0 amide bonds. The van der Waals surface area contributed by atoms with Crippen molar-refractivity contribution in [2.45, 2.75) is 32.6 Å². The Labute approximate surface area is 98.1 Å². The molecule has 0 heterocycles. The van der Waals surface area contributed by atoms with Crippen molar-refractivity contribution in [1.29, 1.82) is 0 Å². The molecule has 1 rings (SSSR count). The lowest BCUT2D eigenvalue weighted by atomic mass is 10.2. The number of hydrogen-bond donors (Lipinski definition) is 0. The van der Waals surface area contributed by atoms with Gasteiger partial charge in [0, 0.05) is 12.2 Å². The molecule has 1 nitrogen and oxygen atoms in total. The third-order valence-electron chi connectivity index (χ3n) is 2.41. The van der Waals surface area contributed by atoms with Gasteiger partial charge in [-0.1, -0.05) is 56.6 Å². The van der Waals surface area contributed by atoms with Crippen LogP contribution in [0, 0.1) is 0 Å². The first kappa shape index (κ1) is 12.2. The molecule has 1 aromatic rings. The third kappa shape index (κ3) is 4.43. The molecule has 81 valence electrons. The highest BCUT2D eigenvalue weighted by Crippen LogP contribution is 2.12. The van der Waals surface area contributed by atoms with Crippen molar-refractivity contribution < 1.29 is 0 Å². The molecule has 0 N–H and O–H groups in total. The van der Waals surface area contributed by atoms with Gasteiger partial charge >= 0.3 is 0 Å². The van der Waals surface area contributed by atoms with Crippen molar-refractivity contribution in [1.82, 2.24) is 0 Å². The molecule has 0 aliphatic heterocycles. The molecule has 0 aliphatic rings. The lowest BCUT2D eigenvalue weighted by Gasteiger charge is -2.17. The first-order chi connectivity index (χ1) is 7.38. The van der Waals surface area contributed by atoms with E-state index in [9.17, 15) is 0 Å². The van der Waals surface area contributed by atoms with Gasteiger partial charge < -0.3 is 4.90 Å². The molecule has 0 saturated carbocycles. The zero-order valence-electron chi connectivity index (χ0n) is 9.28. The summed E-state index contributed by atoms with van der Waals surface area (Å²) < 4.78 is 0. The molecular weight excluding hydrogens is 202 g/mol. The van der Waals surface area contributed by atoms with Crippen LogP contribution in [-0.4, -0.2) is 12.0 Å². The highest BCUT2D eigenvalue weighted by molar-refractivity contribution is 7.79. The van der Waals surface area contributed by atoms with E-state index in [2.05, 4.69) is 24.5 Å². The number of thiocarbonyl (C=S) groups is 1. The fourth-order valence-corrected chi connectivity index (χ4v) is 1.73. The minimum atomic E-state index is 0.980. The van der Waals surface area contributed by atoms with Crippen molar-refractivity contribution in [3.8, 4) is 0 Å². The Morgan fingerprint density at radius 3 is 2.47 bits per heavy atom. The Hall–Kier alpha value is -0.890. The summed E-state index contributed by atoms with van der Waals surface area (Å²) in [5, 5.41) is 0. The second kappa shape index (κ2) is 7.41. The topological polar surface area (TPSA) is 3.24 Å². The molecular formula is C13H18NS. The number of anilines is 1. The Balaban J connectivity index is 2.39. The van der Waals surface area contributed by atoms with Crippen molar-refractivity contribution >= 4 is 23.4 Å². The van der Waals surface area contributed by atoms with E-state index in [1.54, 1.807) is 0 Å². The summed E-state index contributed by atoms with van der Waals surface area (Å²) in [6.07, 6.45) is 5.04. The van der Waals surface area contributed by atoms with E-state index < -0.39 is 0 Å². The summed E-state index contributed by atoms with van der Waals surface area (Å²) >= 11 is 4.91. The minimum absolute atomic E-state index is 0.980. The van der Waals surface area contributed by atoms with Gasteiger partial charge in [0.15, 0.2) is 0 Å².